The number of nitrogens with one attached hydrogen (secondary N) is 5. The summed E-state index contributed by atoms with van der Waals surface area (Å²) in [4.78, 5) is 86.2. The van der Waals surface area contributed by atoms with Gasteiger partial charge < -0.3 is 31.5 Å². The predicted molar refractivity (Wildman–Crippen MR) is 164 cm³/mol. The van der Waals surface area contributed by atoms with Gasteiger partial charge in [0.25, 0.3) is 5.91 Å². The molecule has 0 bridgehead atoms. The molecule has 0 saturated carbocycles. The van der Waals surface area contributed by atoms with Crippen LogP contribution in [0.3, 0.4) is 0 Å². The Kier molecular flexibility index (Phi) is 12.9. The minimum absolute atomic E-state index is 0.245. The van der Waals surface area contributed by atoms with Crippen LogP contribution in [0.15, 0.2) is 49.1 Å². The zero-order valence-electron chi connectivity index (χ0n) is 26.0. The summed E-state index contributed by atoms with van der Waals surface area (Å²) in [5, 5.41) is 13.2. The molecule has 1 aliphatic rings. The van der Waals surface area contributed by atoms with Crippen molar-refractivity contribution in [3.8, 4) is 0 Å². The van der Waals surface area contributed by atoms with Gasteiger partial charge in [-0.05, 0) is 54.5 Å². The number of carbonyl (C=O) groups excluding carboxylic acids is 6. The molecule has 242 valence electrons. The molecule has 1 saturated heterocycles. The fourth-order valence-electron chi connectivity index (χ4n) is 4.81. The normalized spacial score (nSPS) is 15.6. The maximum atomic E-state index is 13.5. The minimum Gasteiger partial charge on any atom is -0.350 e. The molecule has 3 rings (SSSR count). The number of hydrogen-bond donors (Lipinski definition) is 5. The molecule has 0 aromatic carbocycles. The first-order chi connectivity index (χ1) is 21.5. The summed E-state index contributed by atoms with van der Waals surface area (Å²) in [5.74, 6) is -3.38. The second-order valence-corrected chi connectivity index (χ2v) is 11.5. The maximum absolute atomic E-state index is 13.5. The highest BCUT2D eigenvalue weighted by Crippen LogP contribution is 2.20. The smallest absolute Gasteiger partial charge is 0.252 e. The van der Waals surface area contributed by atoms with Crippen molar-refractivity contribution >= 4 is 35.4 Å². The topological polar surface area (TPSA) is 192 Å². The molecular weight excluding hydrogens is 580 g/mol. The van der Waals surface area contributed by atoms with Crippen molar-refractivity contribution < 1.29 is 28.8 Å². The van der Waals surface area contributed by atoms with E-state index in [-0.39, 0.29) is 30.8 Å². The molecule has 14 nitrogen and oxygen atoms in total. The molecular formula is C31H42N8O6. The Hall–Kier alpha value is -4.88. The van der Waals surface area contributed by atoms with E-state index in [1.54, 1.807) is 64.4 Å². The summed E-state index contributed by atoms with van der Waals surface area (Å²) in [5.41, 5.74) is 1.22. The van der Waals surface area contributed by atoms with Gasteiger partial charge >= 0.3 is 0 Å². The average molecular weight is 623 g/mol. The summed E-state index contributed by atoms with van der Waals surface area (Å²) in [6, 6.07) is 4.01. The molecule has 45 heavy (non-hydrogen) atoms. The summed E-state index contributed by atoms with van der Waals surface area (Å²) in [7, 11) is 0. The number of hydrogen-bond acceptors (Lipinski definition) is 8. The molecule has 5 N–H and O–H groups in total. The minimum atomic E-state index is -0.942. The third-order valence-electron chi connectivity index (χ3n) is 7.35. The van der Waals surface area contributed by atoms with Gasteiger partial charge in [0, 0.05) is 43.4 Å². The fraction of sp³-hybridized carbons (Fsp3) is 0.484. The van der Waals surface area contributed by atoms with E-state index in [4.69, 9.17) is 0 Å². The second-order valence-electron chi connectivity index (χ2n) is 11.5. The Bertz CT molecular complexity index is 1340. The van der Waals surface area contributed by atoms with E-state index in [9.17, 15) is 28.8 Å². The van der Waals surface area contributed by atoms with E-state index in [1.165, 1.54) is 17.3 Å². The fourth-order valence-corrected chi connectivity index (χ4v) is 4.81. The molecule has 14 heteroatoms. The first-order valence-electron chi connectivity index (χ1n) is 15.0. The van der Waals surface area contributed by atoms with Gasteiger partial charge in [0.1, 0.15) is 18.1 Å². The van der Waals surface area contributed by atoms with Crippen molar-refractivity contribution in [2.24, 2.45) is 11.8 Å². The lowest BCUT2D eigenvalue weighted by molar-refractivity contribution is -0.141. The van der Waals surface area contributed by atoms with Crippen LogP contribution < -0.4 is 26.6 Å². The monoisotopic (exact) mass is 622 g/mol. The number of rotatable bonds is 14. The molecule has 1 aliphatic heterocycles. The summed E-state index contributed by atoms with van der Waals surface area (Å²) in [6.45, 7) is 7.04. The largest absolute Gasteiger partial charge is 0.350 e. The van der Waals surface area contributed by atoms with Gasteiger partial charge in [-0.25, -0.2) is 0 Å². The summed E-state index contributed by atoms with van der Waals surface area (Å²) < 4.78 is 0. The highest BCUT2D eigenvalue weighted by molar-refractivity contribution is 5.99. The average Bonchev–Trinajstić information content (AvgIpc) is 3.53. The van der Waals surface area contributed by atoms with Crippen LogP contribution in [-0.2, 0) is 30.5 Å². The van der Waals surface area contributed by atoms with Crippen LogP contribution in [0.5, 0.6) is 0 Å². The molecule has 3 heterocycles. The van der Waals surface area contributed by atoms with Gasteiger partial charge in [0.2, 0.25) is 29.5 Å². The van der Waals surface area contributed by atoms with Crippen LogP contribution in [0.25, 0.3) is 0 Å². The van der Waals surface area contributed by atoms with Gasteiger partial charge in [0.05, 0.1) is 13.1 Å². The van der Waals surface area contributed by atoms with Crippen LogP contribution >= 0.6 is 0 Å². The van der Waals surface area contributed by atoms with Gasteiger partial charge in [-0.15, -0.1) is 0 Å². The molecule has 0 unspecified atom stereocenters. The lowest BCUT2D eigenvalue weighted by Crippen LogP contribution is -2.56. The number of pyridine rings is 2. The SMILES string of the molecule is CC(C)[C@H](NC(=O)CNC(=O)[C@@H]1CCCN1C(=O)[C@@H](NC(=O)c1ccncc1)C(C)C)C(=O)NCC(=O)NCc1ccncc1. The molecule has 1 fully saturated rings. The van der Waals surface area contributed by atoms with Crippen LogP contribution in [0.1, 0.15) is 56.5 Å². The molecule has 0 radical (unpaired) electrons. The zero-order valence-corrected chi connectivity index (χ0v) is 26.0. The van der Waals surface area contributed by atoms with E-state index < -0.39 is 54.2 Å². The number of amides is 6. The Morgan fingerprint density at radius 3 is 2.00 bits per heavy atom. The van der Waals surface area contributed by atoms with Crippen LogP contribution in [0, 0.1) is 11.8 Å². The highest BCUT2D eigenvalue weighted by atomic mass is 16.2. The van der Waals surface area contributed by atoms with Crippen molar-refractivity contribution in [2.45, 2.75) is 65.2 Å². The summed E-state index contributed by atoms with van der Waals surface area (Å²) >= 11 is 0. The third-order valence-corrected chi connectivity index (χ3v) is 7.35. The molecule has 0 spiro atoms. The van der Waals surface area contributed by atoms with Gasteiger partial charge in [0.15, 0.2) is 0 Å². The van der Waals surface area contributed by atoms with Crippen LogP contribution in [0.4, 0.5) is 0 Å². The van der Waals surface area contributed by atoms with E-state index in [2.05, 4.69) is 36.6 Å². The maximum Gasteiger partial charge on any atom is 0.252 e. The first kappa shape index (κ1) is 34.6. The highest BCUT2D eigenvalue weighted by Gasteiger charge is 2.39. The van der Waals surface area contributed by atoms with Crippen molar-refractivity contribution in [1.29, 1.82) is 0 Å². The van der Waals surface area contributed by atoms with Crippen molar-refractivity contribution in [3.63, 3.8) is 0 Å². The Balaban J connectivity index is 1.49. The van der Waals surface area contributed by atoms with E-state index in [0.717, 1.165) is 5.56 Å². The van der Waals surface area contributed by atoms with Gasteiger partial charge in [-0.3, -0.25) is 38.7 Å². The standard InChI is InChI=1S/C31H42N8O6/c1-19(2)26(30(44)36-17-24(40)34-16-21-7-11-32-12-8-21)37-25(41)18-35-29(43)23-6-5-15-39(23)31(45)27(20(3)4)38-28(42)22-9-13-33-14-10-22/h7-14,19-20,23,26-27H,5-6,15-18H2,1-4H3,(H,34,40)(H,35,43)(H,36,44)(H,37,41)(H,38,42)/t23-,26-,27-/m0/s1. The van der Waals surface area contributed by atoms with Crippen molar-refractivity contribution in [1.82, 2.24) is 41.5 Å². The number of likely N-dealkylation sites (tertiary alicyclic amines) is 1. The van der Waals surface area contributed by atoms with E-state index >= 15 is 0 Å². The van der Waals surface area contributed by atoms with E-state index in [1.807, 2.05) is 0 Å². The van der Waals surface area contributed by atoms with E-state index in [0.29, 0.717) is 24.9 Å². The van der Waals surface area contributed by atoms with Crippen LogP contribution in [-0.4, -0.2) is 88.1 Å². The third kappa shape index (κ3) is 10.4. The first-order valence-corrected chi connectivity index (χ1v) is 15.0. The Morgan fingerprint density at radius 1 is 0.778 bits per heavy atom. The van der Waals surface area contributed by atoms with Crippen molar-refractivity contribution in [2.75, 3.05) is 19.6 Å². The number of nitrogens with zero attached hydrogens (tertiary/aromatic N) is 3. The second kappa shape index (κ2) is 16.8. The number of carbonyl (C=O) groups is 6. The molecule has 2 aromatic rings. The van der Waals surface area contributed by atoms with Crippen LogP contribution in [0.2, 0.25) is 0 Å². The lowest BCUT2D eigenvalue weighted by atomic mass is 10.0. The van der Waals surface area contributed by atoms with Crippen molar-refractivity contribution in [3.05, 3.63) is 60.2 Å². The van der Waals surface area contributed by atoms with Gasteiger partial charge in [-0.1, -0.05) is 27.7 Å². The lowest BCUT2D eigenvalue weighted by Gasteiger charge is -2.30. The zero-order chi connectivity index (χ0) is 32.9. The Morgan fingerprint density at radius 2 is 1.38 bits per heavy atom. The summed E-state index contributed by atoms with van der Waals surface area (Å²) in [6.07, 6.45) is 7.19. The van der Waals surface area contributed by atoms with Gasteiger partial charge in [-0.2, -0.15) is 0 Å². The predicted octanol–water partition coefficient (Wildman–Crippen LogP) is -0.0884. The number of aromatic nitrogens is 2. The molecule has 0 aliphatic carbocycles. The molecule has 3 atom stereocenters. The Labute approximate surface area is 262 Å². The molecule has 6 amide bonds. The molecule has 2 aromatic heterocycles. The quantitative estimate of drug-likeness (QED) is 0.193.